The van der Waals surface area contributed by atoms with Crippen LogP contribution >= 0.6 is 0 Å². The van der Waals surface area contributed by atoms with E-state index in [1.165, 1.54) is 12.8 Å². The van der Waals surface area contributed by atoms with Crippen LogP contribution in [-0.4, -0.2) is 22.6 Å². The van der Waals surface area contributed by atoms with E-state index in [0.717, 1.165) is 43.0 Å². The molecule has 2 heterocycles. The minimum absolute atomic E-state index is 0.0535. The molecule has 0 aliphatic carbocycles. The Hall–Kier alpha value is -3.17. The fraction of sp³-hybridized carbons (Fsp3) is 0.400. The molecule has 0 saturated carbocycles. The highest BCUT2D eigenvalue weighted by molar-refractivity contribution is 5.79. The first-order valence-corrected chi connectivity index (χ1v) is 10.9. The van der Waals surface area contributed by atoms with Crippen molar-refractivity contribution in [3.63, 3.8) is 0 Å². The number of benzene rings is 2. The van der Waals surface area contributed by atoms with Gasteiger partial charge >= 0.3 is 0 Å². The van der Waals surface area contributed by atoms with Gasteiger partial charge in [0.25, 0.3) is 5.56 Å². The van der Waals surface area contributed by atoms with E-state index >= 15 is 0 Å². The first-order chi connectivity index (χ1) is 15.1. The Kier molecular flexibility index (Phi) is 6.34. The number of piperidine rings is 1. The average molecular weight is 417 g/mol. The predicted molar refractivity (Wildman–Crippen MR) is 122 cm³/mol. The second-order valence-corrected chi connectivity index (χ2v) is 8.38. The summed E-state index contributed by atoms with van der Waals surface area (Å²) >= 11 is 0. The van der Waals surface area contributed by atoms with Gasteiger partial charge in [0, 0.05) is 6.54 Å². The van der Waals surface area contributed by atoms with Crippen LogP contribution in [0.2, 0.25) is 0 Å². The van der Waals surface area contributed by atoms with Crippen LogP contribution in [0, 0.1) is 31.1 Å². The summed E-state index contributed by atoms with van der Waals surface area (Å²) in [7, 11) is 0. The molecular weight excluding hydrogens is 388 g/mol. The summed E-state index contributed by atoms with van der Waals surface area (Å²) in [5, 5.41) is 13.5. The Balaban J connectivity index is 1.56. The van der Waals surface area contributed by atoms with Gasteiger partial charge in [-0.05, 0) is 87.9 Å². The molecule has 160 valence electrons. The van der Waals surface area contributed by atoms with Crippen LogP contribution in [0.25, 0.3) is 10.9 Å². The minimum Gasteiger partial charge on any atom is -0.456 e. The van der Waals surface area contributed by atoms with Crippen LogP contribution in [0.4, 0.5) is 0 Å². The number of fused-ring (bicyclic) bond motifs is 1. The SMILES string of the molecule is Cc1ccc(C)c(Oc2ccc3ncn(CCCC4CCNCC4)c(=O)c3c2)c1C#N. The van der Waals surface area contributed by atoms with Gasteiger partial charge in [0.15, 0.2) is 0 Å². The van der Waals surface area contributed by atoms with E-state index in [9.17, 15) is 10.1 Å². The summed E-state index contributed by atoms with van der Waals surface area (Å²) in [4.78, 5) is 17.5. The third-order valence-electron chi connectivity index (χ3n) is 6.16. The lowest BCUT2D eigenvalue weighted by Gasteiger charge is -2.22. The van der Waals surface area contributed by atoms with Gasteiger partial charge in [-0.2, -0.15) is 5.26 Å². The monoisotopic (exact) mass is 416 g/mol. The quantitative estimate of drug-likeness (QED) is 0.642. The van der Waals surface area contributed by atoms with E-state index < -0.39 is 0 Å². The van der Waals surface area contributed by atoms with E-state index in [0.29, 0.717) is 34.5 Å². The molecule has 4 rings (SSSR count). The van der Waals surface area contributed by atoms with Crippen molar-refractivity contribution in [2.24, 2.45) is 5.92 Å². The topological polar surface area (TPSA) is 79.9 Å². The molecule has 31 heavy (non-hydrogen) atoms. The number of rotatable bonds is 6. The second kappa shape index (κ2) is 9.32. The number of nitriles is 1. The molecule has 2 aromatic carbocycles. The normalized spacial score (nSPS) is 14.5. The van der Waals surface area contributed by atoms with E-state index in [4.69, 9.17) is 4.74 Å². The average Bonchev–Trinajstić information content (AvgIpc) is 2.79. The summed E-state index contributed by atoms with van der Waals surface area (Å²) < 4.78 is 7.77. The highest BCUT2D eigenvalue weighted by Crippen LogP contribution is 2.31. The molecule has 0 atom stereocenters. The van der Waals surface area contributed by atoms with Crippen LogP contribution in [0.3, 0.4) is 0 Å². The van der Waals surface area contributed by atoms with Gasteiger partial charge < -0.3 is 10.1 Å². The zero-order chi connectivity index (χ0) is 21.8. The molecule has 1 N–H and O–H groups in total. The van der Waals surface area contributed by atoms with Crippen LogP contribution in [0.5, 0.6) is 11.5 Å². The molecular formula is C25H28N4O2. The zero-order valence-electron chi connectivity index (χ0n) is 18.1. The molecule has 0 bridgehead atoms. The number of aromatic nitrogens is 2. The molecule has 1 saturated heterocycles. The van der Waals surface area contributed by atoms with Gasteiger partial charge in [-0.3, -0.25) is 9.36 Å². The first kappa shape index (κ1) is 21.1. The Labute approximate surface area is 182 Å². The zero-order valence-corrected chi connectivity index (χ0v) is 18.1. The van der Waals surface area contributed by atoms with Crippen LogP contribution < -0.4 is 15.6 Å². The van der Waals surface area contributed by atoms with Crippen LogP contribution in [0.15, 0.2) is 41.5 Å². The number of nitrogens with one attached hydrogen (secondary N) is 1. The number of nitrogens with zero attached hydrogens (tertiary/aromatic N) is 3. The minimum atomic E-state index is -0.0535. The lowest BCUT2D eigenvalue weighted by atomic mass is 9.93. The maximum absolute atomic E-state index is 13.1. The van der Waals surface area contributed by atoms with Crippen molar-refractivity contribution in [3.05, 3.63) is 63.7 Å². The van der Waals surface area contributed by atoms with Gasteiger partial charge in [0.1, 0.15) is 17.6 Å². The Morgan fingerprint density at radius 3 is 2.74 bits per heavy atom. The van der Waals surface area contributed by atoms with Crippen molar-refractivity contribution in [2.45, 2.75) is 46.1 Å². The molecule has 0 amide bonds. The van der Waals surface area contributed by atoms with Crippen molar-refractivity contribution in [1.82, 2.24) is 14.9 Å². The summed E-state index contributed by atoms with van der Waals surface area (Å²) in [6.45, 7) is 6.66. The molecule has 0 unspecified atom stereocenters. The van der Waals surface area contributed by atoms with Gasteiger partial charge in [-0.15, -0.1) is 0 Å². The second-order valence-electron chi connectivity index (χ2n) is 8.38. The summed E-state index contributed by atoms with van der Waals surface area (Å²) in [5.41, 5.74) is 2.85. The number of ether oxygens (including phenoxy) is 1. The molecule has 0 radical (unpaired) electrons. The maximum atomic E-state index is 13.1. The Bertz CT molecular complexity index is 1190. The highest BCUT2D eigenvalue weighted by Gasteiger charge is 2.14. The van der Waals surface area contributed by atoms with Crippen LogP contribution in [0.1, 0.15) is 42.4 Å². The van der Waals surface area contributed by atoms with Crippen molar-refractivity contribution in [2.75, 3.05) is 13.1 Å². The van der Waals surface area contributed by atoms with E-state index in [2.05, 4.69) is 16.4 Å². The van der Waals surface area contributed by atoms with E-state index in [-0.39, 0.29) is 5.56 Å². The van der Waals surface area contributed by atoms with Crippen molar-refractivity contribution >= 4 is 10.9 Å². The highest BCUT2D eigenvalue weighted by atomic mass is 16.5. The molecule has 3 aromatic rings. The van der Waals surface area contributed by atoms with E-state index in [1.54, 1.807) is 29.1 Å². The summed E-state index contributed by atoms with van der Waals surface area (Å²) in [6, 6.07) is 11.4. The van der Waals surface area contributed by atoms with Crippen molar-refractivity contribution < 1.29 is 4.74 Å². The Morgan fingerprint density at radius 2 is 1.97 bits per heavy atom. The molecule has 1 fully saturated rings. The Morgan fingerprint density at radius 1 is 1.19 bits per heavy atom. The molecule has 0 spiro atoms. The number of aryl methyl sites for hydroxylation is 3. The van der Waals surface area contributed by atoms with Crippen molar-refractivity contribution in [1.29, 1.82) is 5.26 Å². The molecule has 1 aliphatic heterocycles. The fourth-order valence-corrected chi connectivity index (χ4v) is 4.26. The standard InChI is InChI=1S/C25H28N4O2/c1-17-5-6-18(2)24(22(17)15-26)31-20-7-8-23-21(14-20)25(30)29(16-28-23)13-3-4-19-9-11-27-12-10-19/h5-8,14,16,19,27H,3-4,9-13H2,1-2H3. The molecule has 6 nitrogen and oxygen atoms in total. The largest absolute Gasteiger partial charge is 0.456 e. The van der Waals surface area contributed by atoms with Crippen LogP contribution in [-0.2, 0) is 6.54 Å². The van der Waals surface area contributed by atoms with Gasteiger partial charge in [-0.1, -0.05) is 12.1 Å². The number of hydrogen-bond acceptors (Lipinski definition) is 5. The summed E-state index contributed by atoms with van der Waals surface area (Å²) in [6.07, 6.45) is 6.19. The third kappa shape index (κ3) is 4.62. The molecule has 6 heteroatoms. The maximum Gasteiger partial charge on any atom is 0.261 e. The predicted octanol–water partition coefficient (Wildman–Crippen LogP) is 4.46. The first-order valence-electron chi connectivity index (χ1n) is 10.9. The fourth-order valence-electron chi connectivity index (χ4n) is 4.26. The van der Waals surface area contributed by atoms with Gasteiger partial charge in [0.2, 0.25) is 0 Å². The molecule has 1 aromatic heterocycles. The lowest BCUT2D eigenvalue weighted by molar-refractivity contribution is 0.339. The van der Waals surface area contributed by atoms with Gasteiger partial charge in [-0.25, -0.2) is 4.98 Å². The van der Waals surface area contributed by atoms with E-state index in [1.807, 2.05) is 26.0 Å². The number of hydrogen-bond donors (Lipinski definition) is 1. The molecule has 1 aliphatic rings. The van der Waals surface area contributed by atoms with Crippen molar-refractivity contribution in [3.8, 4) is 17.6 Å². The lowest BCUT2D eigenvalue weighted by Crippen LogP contribution is -2.28. The summed E-state index contributed by atoms with van der Waals surface area (Å²) in [5.74, 6) is 1.81. The third-order valence-corrected chi connectivity index (χ3v) is 6.16. The smallest absolute Gasteiger partial charge is 0.261 e. The van der Waals surface area contributed by atoms with Gasteiger partial charge in [0.05, 0.1) is 22.8 Å².